The largest absolute Gasteiger partial charge is 0.507 e. The summed E-state index contributed by atoms with van der Waals surface area (Å²) in [6.07, 6.45) is -3.19. The van der Waals surface area contributed by atoms with E-state index in [9.17, 15) is 15.3 Å². The fourth-order valence-corrected chi connectivity index (χ4v) is 3.13. The quantitative estimate of drug-likeness (QED) is 0.643. The van der Waals surface area contributed by atoms with E-state index in [-0.39, 0.29) is 12.4 Å². The van der Waals surface area contributed by atoms with Crippen LogP contribution in [0.3, 0.4) is 0 Å². The molecule has 0 spiro atoms. The van der Waals surface area contributed by atoms with E-state index < -0.39 is 36.4 Å². The summed E-state index contributed by atoms with van der Waals surface area (Å²) in [5.74, 6) is -0.791. The van der Waals surface area contributed by atoms with Gasteiger partial charge in [0.15, 0.2) is 12.0 Å². The molecular weight excluding hydrogens is 382 g/mol. The maximum Gasteiger partial charge on any atom is 0.177 e. The Labute approximate surface area is 148 Å². The van der Waals surface area contributed by atoms with Crippen LogP contribution in [-0.4, -0.2) is 64.6 Å². The lowest BCUT2D eigenvalue weighted by Crippen LogP contribution is -2.64. The average Bonchev–Trinajstić information content (AvgIpc) is 2.52. The molecule has 0 radical (unpaired) electrons. The first kappa shape index (κ1) is 17.8. The van der Waals surface area contributed by atoms with Gasteiger partial charge in [-0.25, -0.2) is 0 Å². The van der Waals surface area contributed by atoms with Gasteiger partial charge in [-0.15, -0.1) is 0 Å². The third-order valence-corrected chi connectivity index (χ3v) is 4.52. The van der Waals surface area contributed by atoms with Crippen LogP contribution < -0.4 is 0 Å². The molecule has 2 heterocycles. The molecule has 2 aliphatic rings. The van der Waals surface area contributed by atoms with Crippen LogP contribution in [0.25, 0.3) is 0 Å². The molecule has 3 N–H and O–H groups in total. The van der Waals surface area contributed by atoms with Crippen LogP contribution in [0.1, 0.15) is 19.4 Å². The minimum Gasteiger partial charge on any atom is -0.507 e. The number of hydrogen-bond donors (Lipinski definition) is 3. The number of rotatable bonds is 2. The highest BCUT2D eigenvalue weighted by atomic mass is 79.9. The van der Waals surface area contributed by atoms with Crippen molar-refractivity contribution in [2.75, 3.05) is 6.61 Å². The number of benzene rings is 1. The Balaban J connectivity index is 1.76. The van der Waals surface area contributed by atoms with Gasteiger partial charge in [0.05, 0.1) is 6.61 Å². The lowest BCUT2D eigenvalue weighted by molar-refractivity contribution is -0.356. The van der Waals surface area contributed by atoms with E-state index in [1.54, 1.807) is 26.0 Å². The van der Waals surface area contributed by atoms with E-state index in [2.05, 4.69) is 20.9 Å². The highest BCUT2D eigenvalue weighted by molar-refractivity contribution is 9.10. The predicted molar refractivity (Wildman–Crippen MR) is 89.0 cm³/mol. The molecule has 2 saturated heterocycles. The number of halogens is 1. The number of aliphatic imine (C=N–C) groups is 1. The second kappa shape index (κ2) is 6.70. The second-order valence-electron chi connectivity index (χ2n) is 6.32. The van der Waals surface area contributed by atoms with Gasteiger partial charge in [-0.3, -0.25) is 4.99 Å². The van der Waals surface area contributed by atoms with Crippen molar-refractivity contribution in [2.24, 2.45) is 4.99 Å². The Morgan fingerprint density at radius 3 is 2.79 bits per heavy atom. The molecule has 0 amide bonds. The summed E-state index contributed by atoms with van der Waals surface area (Å²) < 4.78 is 17.7. The van der Waals surface area contributed by atoms with Crippen molar-refractivity contribution in [1.82, 2.24) is 0 Å². The summed E-state index contributed by atoms with van der Waals surface area (Å²) in [4.78, 5) is 4.17. The number of aliphatic hydroxyl groups is 2. The van der Waals surface area contributed by atoms with Crippen molar-refractivity contribution in [3.63, 3.8) is 0 Å². The van der Waals surface area contributed by atoms with Crippen LogP contribution in [-0.2, 0) is 14.2 Å². The fourth-order valence-electron chi connectivity index (χ4n) is 2.75. The summed E-state index contributed by atoms with van der Waals surface area (Å²) in [5.41, 5.74) is 0.467. The van der Waals surface area contributed by atoms with Crippen molar-refractivity contribution < 1.29 is 29.5 Å². The monoisotopic (exact) mass is 401 g/mol. The molecule has 8 heteroatoms. The van der Waals surface area contributed by atoms with Gasteiger partial charge in [0.2, 0.25) is 0 Å². The van der Waals surface area contributed by atoms with Crippen LogP contribution in [0.5, 0.6) is 5.75 Å². The Morgan fingerprint density at radius 1 is 1.29 bits per heavy atom. The summed E-state index contributed by atoms with van der Waals surface area (Å²) in [7, 11) is 0. The van der Waals surface area contributed by atoms with Gasteiger partial charge in [0, 0.05) is 16.3 Å². The zero-order chi connectivity index (χ0) is 17.5. The molecular formula is C16H20BrNO6. The average molecular weight is 402 g/mol. The molecule has 0 aromatic heterocycles. The first-order valence-electron chi connectivity index (χ1n) is 7.62. The van der Waals surface area contributed by atoms with Gasteiger partial charge in [-0.2, -0.15) is 0 Å². The molecule has 132 valence electrons. The third kappa shape index (κ3) is 3.63. The van der Waals surface area contributed by atoms with Gasteiger partial charge in [0.1, 0.15) is 30.2 Å². The van der Waals surface area contributed by atoms with Crippen LogP contribution in [0.2, 0.25) is 0 Å². The first-order chi connectivity index (χ1) is 11.3. The van der Waals surface area contributed by atoms with Crippen molar-refractivity contribution in [2.45, 2.75) is 50.3 Å². The number of ether oxygens (including phenoxy) is 3. The zero-order valence-electron chi connectivity index (χ0n) is 13.3. The van der Waals surface area contributed by atoms with Crippen molar-refractivity contribution in [3.05, 3.63) is 28.2 Å². The molecule has 1 aromatic rings. The molecule has 0 bridgehead atoms. The van der Waals surface area contributed by atoms with Crippen molar-refractivity contribution in [3.8, 4) is 5.75 Å². The lowest BCUT2D eigenvalue weighted by atomic mass is 9.97. The Morgan fingerprint density at radius 2 is 2.04 bits per heavy atom. The van der Waals surface area contributed by atoms with Crippen LogP contribution in [0, 0.1) is 0 Å². The minimum absolute atomic E-state index is 0.0526. The standard InChI is InChI=1S/C16H20BrNO6/c1-16(2)22-7-11-14(24-16)12(20)13(21)15(23-11)18-6-8-5-9(17)3-4-10(8)19/h3-6,11-15,19-21H,7H2,1-2H3/b18-6+/t11-,12-,13-,14-,15-/m1/s1. The highest BCUT2D eigenvalue weighted by Crippen LogP contribution is 2.32. The highest BCUT2D eigenvalue weighted by Gasteiger charge is 2.50. The third-order valence-electron chi connectivity index (χ3n) is 4.02. The molecule has 5 atom stereocenters. The fraction of sp³-hybridized carbons (Fsp3) is 0.562. The summed E-state index contributed by atoms with van der Waals surface area (Å²) in [5, 5.41) is 30.4. The SMILES string of the molecule is CC1(C)OC[C@H]2O[C@@H](/N=C/c3cc(Br)ccc3O)[C@H](O)[C@@H](O)[C@@H]2O1. The van der Waals surface area contributed by atoms with E-state index in [1.165, 1.54) is 12.3 Å². The Kier molecular flexibility index (Phi) is 4.96. The van der Waals surface area contributed by atoms with Gasteiger partial charge < -0.3 is 29.5 Å². The molecule has 7 nitrogen and oxygen atoms in total. The normalized spacial score (nSPS) is 35.8. The molecule has 24 heavy (non-hydrogen) atoms. The molecule has 0 saturated carbocycles. The number of aliphatic hydroxyl groups excluding tert-OH is 2. The number of nitrogens with zero attached hydrogens (tertiary/aromatic N) is 1. The van der Waals surface area contributed by atoms with Crippen LogP contribution in [0.4, 0.5) is 0 Å². The zero-order valence-corrected chi connectivity index (χ0v) is 14.9. The minimum atomic E-state index is -1.24. The first-order valence-corrected chi connectivity index (χ1v) is 8.41. The summed E-state index contributed by atoms with van der Waals surface area (Å²) in [6, 6.07) is 4.91. The topological polar surface area (TPSA) is 101 Å². The van der Waals surface area contributed by atoms with Gasteiger partial charge >= 0.3 is 0 Å². The number of aromatic hydroxyl groups is 1. The molecule has 2 aliphatic heterocycles. The number of hydrogen-bond acceptors (Lipinski definition) is 7. The smallest absolute Gasteiger partial charge is 0.177 e. The van der Waals surface area contributed by atoms with E-state index >= 15 is 0 Å². The number of phenolic OH excluding ortho intramolecular Hbond substituents is 1. The number of phenols is 1. The van der Waals surface area contributed by atoms with E-state index in [0.29, 0.717) is 5.56 Å². The Hall–Kier alpha value is -1.03. The molecule has 0 unspecified atom stereocenters. The van der Waals surface area contributed by atoms with Crippen LogP contribution in [0.15, 0.2) is 27.7 Å². The van der Waals surface area contributed by atoms with E-state index in [4.69, 9.17) is 14.2 Å². The van der Waals surface area contributed by atoms with Crippen molar-refractivity contribution in [1.29, 1.82) is 0 Å². The van der Waals surface area contributed by atoms with Gasteiger partial charge in [-0.05, 0) is 32.0 Å². The summed E-state index contributed by atoms with van der Waals surface area (Å²) >= 11 is 3.31. The van der Waals surface area contributed by atoms with Crippen LogP contribution >= 0.6 is 15.9 Å². The van der Waals surface area contributed by atoms with Gasteiger partial charge in [0.25, 0.3) is 0 Å². The predicted octanol–water partition coefficient (Wildman–Crippen LogP) is 1.17. The molecule has 1 aromatic carbocycles. The lowest BCUT2D eigenvalue weighted by Gasteiger charge is -2.47. The van der Waals surface area contributed by atoms with E-state index in [1.807, 2.05) is 0 Å². The molecule has 0 aliphatic carbocycles. The maximum absolute atomic E-state index is 10.3. The Bertz CT molecular complexity index is 635. The van der Waals surface area contributed by atoms with E-state index in [0.717, 1.165) is 4.47 Å². The maximum atomic E-state index is 10.3. The number of fused-ring (bicyclic) bond motifs is 1. The van der Waals surface area contributed by atoms with Crippen molar-refractivity contribution >= 4 is 22.1 Å². The molecule has 3 rings (SSSR count). The summed E-state index contributed by atoms with van der Waals surface area (Å²) in [6.45, 7) is 3.71. The second-order valence-corrected chi connectivity index (χ2v) is 7.24. The van der Waals surface area contributed by atoms with Gasteiger partial charge in [-0.1, -0.05) is 15.9 Å². The molecule has 2 fully saturated rings.